The lowest BCUT2D eigenvalue weighted by Gasteiger charge is -2.37. The van der Waals surface area contributed by atoms with Crippen LogP contribution in [0.4, 0.5) is 15.3 Å². The van der Waals surface area contributed by atoms with E-state index in [4.69, 9.17) is 4.74 Å². The van der Waals surface area contributed by atoms with Crippen LogP contribution in [0.1, 0.15) is 6.42 Å². The number of amides is 3. The van der Waals surface area contributed by atoms with E-state index in [0.29, 0.717) is 13.1 Å². The minimum absolute atomic E-state index is 0.195. The zero-order valence-electron chi connectivity index (χ0n) is 10.4. The number of cyclic esters (lactones) is 1. The summed E-state index contributed by atoms with van der Waals surface area (Å²) < 4.78 is 5.00. The summed E-state index contributed by atoms with van der Waals surface area (Å²) in [7, 11) is 0. The summed E-state index contributed by atoms with van der Waals surface area (Å²) in [6, 6.07) is 9.08. The van der Waals surface area contributed by atoms with Gasteiger partial charge < -0.3 is 15.0 Å². The third kappa shape index (κ3) is 2.21. The summed E-state index contributed by atoms with van der Waals surface area (Å²) in [6.45, 7) is 1.54. The van der Waals surface area contributed by atoms with Crippen molar-refractivity contribution in [1.29, 1.82) is 0 Å². The summed E-state index contributed by atoms with van der Waals surface area (Å²) in [5.41, 5.74) is 0.745. The number of ether oxygens (including phenoxy) is 1. The van der Waals surface area contributed by atoms with E-state index in [1.54, 1.807) is 9.80 Å². The number of hydrogen-bond donors (Lipinski definition) is 1. The maximum Gasteiger partial charge on any atom is 0.411 e. The quantitative estimate of drug-likeness (QED) is 0.837. The monoisotopic (exact) mass is 261 g/mol. The number of benzene rings is 1. The van der Waals surface area contributed by atoms with Gasteiger partial charge in [-0.25, -0.2) is 9.59 Å². The Kier molecular flexibility index (Phi) is 2.98. The minimum Gasteiger partial charge on any atom is -0.445 e. The van der Waals surface area contributed by atoms with Crippen molar-refractivity contribution in [3.8, 4) is 0 Å². The Morgan fingerprint density at radius 2 is 2.05 bits per heavy atom. The molecule has 0 spiro atoms. The molecule has 6 nitrogen and oxygen atoms in total. The van der Waals surface area contributed by atoms with Crippen molar-refractivity contribution in [1.82, 2.24) is 9.80 Å². The van der Waals surface area contributed by atoms with Gasteiger partial charge in [0.05, 0.1) is 0 Å². The third-order valence-electron chi connectivity index (χ3n) is 3.39. The molecule has 0 saturated carbocycles. The number of fused-ring (bicyclic) bond motifs is 1. The first-order valence-electron chi connectivity index (χ1n) is 6.32. The van der Waals surface area contributed by atoms with Crippen molar-refractivity contribution in [2.45, 2.75) is 12.6 Å². The first kappa shape index (κ1) is 11.8. The number of urea groups is 1. The number of nitrogens with one attached hydrogen (secondary N) is 1. The molecule has 1 aromatic rings. The second-order valence-electron chi connectivity index (χ2n) is 4.59. The number of carbonyl (C=O) groups is 2. The number of nitrogens with zero attached hydrogens (tertiary/aromatic N) is 2. The molecule has 6 heteroatoms. The molecule has 1 aromatic carbocycles. The SMILES string of the molecule is O=C(Nc1ccccc1)N1CCCN2C(=O)OC[C@@H]12. The van der Waals surface area contributed by atoms with E-state index in [-0.39, 0.29) is 24.9 Å². The largest absolute Gasteiger partial charge is 0.445 e. The Bertz CT molecular complexity index is 491. The van der Waals surface area contributed by atoms with Crippen LogP contribution < -0.4 is 5.32 Å². The van der Waals surface area contributed by atoms with Crippen LogP contribution in [0.25, 0.3) is 0 Å². The molecule has 0 bridgehead atoms. The van der Waals surface area contributed by atoms with Crippen LogP contribution in [0.2, 0.25) is 0 Å². The van der Waals surface area contributed by atoms with Crippen LogP contribution in [0, 0.1) is 0 Å². The van der Waals surface area contributed by atoms with Gasteiger partial charge >= 0.3 is 12.1 Å². The molecule has 3 rings (SSSR count). The zero-order valence-corrected chi connectivity index (χ0v) is 10.4. The summed E-state index contributed by atoms with van der Waals surface area (Å²) in [4.78, 5) is 27.0. The normalized spacial score (nSPS) is 21.9. The number of hydrogen-bond acceptors (Lipinski definition) is 3. The van der Waals surface area contributed by atoms with E-state index < -0.39 is 0 Å². The number of para-hydroxylation sites is 1. The molecule has 1 N–H and O–H groups in total. The van der Waals surface area contributed by atoms with Gasteiger partial charge in [0.1, 0.15) is 12.8 Å². The van der Waals surface area contributed by atoms with Gasteiger partial charge in [0.2, 0.25) is 0 Å². The van der Waals surface area contributed by atoms with Gasteiger partial charge in [-0.1, -0.05) is 18.2 Å². The topological polar surface area (TPSA) is 61.9 Å². The van der Waals surface area contributed by atoms with E-state index in [0.717, 1.165) is 12.1 Å². The molecule has 2 aliphatic rings. The van der Waals surface area contributed by atoms with Gasteiger partial charge in [-0.3, -0.25) is 4.90 Å². The second kappa shape index (κ2) is 4.79. The maximum atomic E-state index is 12.2. The van der Waals surface area contributed by atoms with Crippen LogP contribution >= 0.6 is 0 Å². The summed E-state index contributed by atoms with van der Waals surface area (Å²) in [5.74, 6) is 0. The van der Waals surface area contributed by atoms with Crippen LogP contribution in [0.3, 0.4) is 0 Å². The van der Waals surface area contributed by atoms with E-state index in [1.165, 1.54) is 0 Å². The van der Waals surface area contributed by atoms with Gasteiger partial charge in [0, 0.05) is 18.8 Å². The van der Waals surface area contributed by atoms with E-state index in [1.807, 2.05) is 30.3 Å². The van der Waals surface area contributed by atoms with Crippen molar-refractivity contribution < 1.29 is 14.3 Å². The Morgan fingerprint density at radius 3 is 2.84 bits per heavy atom. The number of anilines is 1. The lowest BCUT2D eigenvalue weighted by atomic mass is 10.2. The minimum atomic E-state index is -0.331. The Labute approximate surface area is 110 Å². The number of carbonyl (C=O) groups excluding carboxylic acids is 2. The van der Waals surface area contributed by atoms with Crippen LogP contribution in [0.15, 0.2) is 30.3 Å². The van der Waals surface area contributed by atoms with Gasteiger partial charge in [-0.15, -0.1) is 0 Å². The summed E-state index contributed by atoms with van der Waals surface area (Å²) in [5, 5.41) is 2.83. The molecule has 19 heavy (non-hydrogen) atoms. The smallest absolute Gasteiger partial charge is 0.411 e. The van der Waals surface area contributed by atoms with Gasteiger partial charge in [-0.2, -0.15) is 0 Å². The van der Waals surface area contributed by atoms with E-state index in [9.17, 15) is 9.59 Å². The van der Waals surface area contributed by atoms with Gasteiger partial charge in [0.25, 0.3) is 0 Å². The highest BCUT2D eigenvalue weighted by atomic mass is 16.6. The van der Waals surface area contributed by atoms with Crippen LogP contribution in [-0.2, 0) is 4.74 Å². The average molecular weight is 261 g/mol. The van der Waals surface area contributed by atoms with Crippen molar-refractivity contribution >= 4 is 17.8 Å². The molecular weight excluding hydrogens is 246 g/mol. The van der Waals surface area contributed by atoms with Crippen LogP contribution in [-0.4, -0.2) is 47.8 Å². The Balaban J connectivity index is 1.71. The van der Waals surface area contributed by atoms with E-state index in [2.05, 4.69) is 5.32 Å². The van der Waals surface area contributed by atoms with Crippen molar-refractivity contribution in [3.05, 3.63) is 30.3 Å². The first-order chi connectivity index (χ1) is 9.25. The van der Waals surface area contributed by atoms with Crippen molar-refractivity contribution in [3.63, 3.8) is 0 Å². The predicted molar refractivity (Wildman–Crippen MR) is 68.6 cm³/mol. The highest BCUT2D eigenvalue weighted by molar-refractivity contribution is 5.90. The molecule has 0 radical (unpaired) electrons. The van der Waals surface area contributed by atoms with Gasteiger partial charge in [0.15, 0.2) is 0 Å². The molecule has 100 valence electrons. The number of rotatable bonds is 1. The molecular formula is C13H15N3O3. The van der Waals surface area contributed by atoms with Crippen molar-refractivity contribution in [2.75, 3.05) is 25.0 Å². The molecule has 0 aliphatic carbocycles. The first-order valence-corrected chi connectivity index (χ1v) is 6.32. The maximum absolute atomic E-state index is 12.2. The molecule has 2 saturated heterocycles. The second-order valence-corrected chi connectivity index (χ2v) is 4.59. The lowest BCUT2D eigenvalue weighted by molar-refractivity contribution is 0.0874. The van der Waals surface area contributed by atoms with E-state index >= 15 is 0 Å². The predicted octanol–water partition coefficient (Wildman–Crippen LogP) is 1.70. The highest BCUT2D eigenvalue weighted by Crippen LogP contribution is 2.22. The molecule has 3 amide bonds. The average Bonchev–Trinajstić information content (AvgIpc) is 2.82. The highest BCUT2D eigenvalue weighted by Gasteiger charge is 2.41. The zero-order chi connectivity index (χ0) is 13.2. The Hall–Kier alpha value is -2.24. The molecule has 2 heterocycles. The molecule has 0 aromatic heterocycles. The van der Waals surface area contributed by atoms with Gasteiger partial charge in [-0.05, 0) is 18.6 Å². The fourth-order valence-electron chi connectivity index (χ4n) is 2.45. The summed E-state index contributed by atoms with van der Waals surface area (Å²) >= 11 is 0. The molecule has 2 fully saturated rings. The summed E-state index contributed by atoms with van der Waals surface area (Å²) in [6.07, 6.45) is 0.167. The Morgan fingerprint density at radius 1 is 1.26 bits per heavy atom. The third-order valence-corrected chi connectivity index (χ3v) is 3.39. The van der Waals surface area contributed by atoms with Crippen molar-refractivity contribution in [2.24, 2.45) is 0 Å². The standard InChI is InChI=1S/C13H15N3O3/c17-12(14-10-5-2-1-3-6-10)15-7-4-8-16-11(15)9-19-13(16)18/h1-3,5-6,11H,4,7-9H2,(H,14,17)/t11-/m0/s1. The molecule has 1 atom stereocenters. The molecule has 0 unspecified atom stereocenters. The fourth-order valence-corrected chi connectivity index (χ4v) is 2.45. The fraction of sp³-hybridized carbons (Fsp3) is 0.385. The molecule has 2 aliphatic heterocycles. The lowest BCUT2D eigenvalue weighted by Crippen LogP contribution is -2.55. The van der Waals surface area contributed by atoms with Crippen LogP contribution in [0.5, 0.6) is 0 Å².